The molecule has 0 fully saturated rings. The van der Waals surface area contributed by atoms with Crippen LogP contribution in [0.5, 0.6) is 0 Å². The van der Waals surface area contributed by atoms with Crippen LogP contribution in [0.2, 0.25) is 0 Å². The molecule has 0 atom stereocenters. The van der Waals surface area contributed by atoms with Crippen molar-refractivity contribution in [3.05, 3.63) is 208 Å². The van der Waals surface area contributed by atoms with E-state index in [1.165, 1.54) is 105 Å². The highest BCUT2D eigenvalue weighted by atomic mass is 16.3. The molecule has 328 valence electrons. The van der Waals surface area contributed by atoms with Gasteiger partial charge in [0.05, 0.1) is 0 Å². The van der Waals surface area contributed by atoms with E-state index in [0.717, 1.165) is 44.7 Å². The first kappa shape index (κ1) is 39.5. The van der Waals surface area contributed by atoms with E-state index in [9.17, 15) is 0 Å². The molecule has 14 rings (SSSR count). The largest absolute Gasteiger partial charge is 0.455 e. The number of nitrogens with zero attached hydrogens (tertiary/aromatic N) is 1. The minimum absolute atomic E-state index is 0.220. The maximum atomic E-state index is 6.98. The summed E-state index contributed by atoms with van der Waals surface area (Å²) in [5, 5.41) is 4.75. The molecule has 0 saturated carbocycles. The van der Waals surface area contributed by atoms with E-state index in [1.54, 1.807) is 0 Å². The van der Waals surface area contributed by atoms with E-state index in [4.69, 9.17) is 8.83 Å². The zero-order chi connectivity index (χ0) is 46.2. The number of fused-ring (bicyclic) bond motifs is 19. The van der Waals surface area contributed by atoms with Gasteiger partial charge in [0, 0.05) is 66.0 Å². The van der Waals surface area contributed by atoms with E-state index < -0.39 is 0 Å². The summed E-state index contributed by atoms with van der Waals surface area (Å²) in [5.41, 5.74) is 27.0. The number of aryl methyl sites for hydroxylation is 2. The van der Waals surface area contributed by atoms with Gasteiger partial charge in [-0.2, -0.15) is 0 Å². The van der Waals surface area contributed by atoms with Crippen molar-refractivity contribution in [1.29, 1.82) is 0 Å². The number of benzene rings is 9. The lowest BCUT2D eigenvalue weighted by molar-refractivity contribution is 0.600. The number of para-hydroxylation sites is 3. The molecule has 0 unspecified atom stereocenters. The molecule has 3 heteroatoms. The van der Waals surface area contributed by atoms with Gasteiger partial charge >= 0.3 is 0 Å². The Morgan fingerprint density at radius 2 is 0.926 bits per heavy atom. The molecule has 2 aromatic heterocycles. The predicted molar refractivity (Wildman–Crippen MR) is 283 cm³/mol. The fourth-order valence-corrected chi connectivity index (χ4v) is 13.1. The minimum atomic E-state index is -0.316. The van der Waals surface area contributed by atoms with Crippen LogP contribution in [0.3, 0.4) is 0 Å². The lowest BCUT2D eigenvalue weighted by atomic mass is 9.72. The van der Waals surface area contributed by atoms with E-state index in [2.05, 4.69) is 224 Å². The predicted octanol–water partition coefficient (Wildman–Crippen LogP) is 18.2. The van der Waals surface area contributed by atoms with Crippen molar-refractivity contribution in [2.75, 3.05) is 4.90 Å². The molecule has 11 aromatic rings. The zero-order valence-electron chi connectivity index (χ0n) is 39.9. The van der Waals surface area contributed by atoms with Crippen LogP contribution in [-0.4, -0.2) is 0 Å². The molecule has 3 nitrogen and oxygen atoms in total. The fraction of sp³-hybridized carbons (Fsp3) is 0.169. The summed E-state index contributed by atoms with van der Waals surface area (Å²) in [6, 6.07) is 60.8. The molecular weight excluding hydrogens is 827 g/mol. The Bertz CT molecular complexity index is 4020. The maximum Gasteiger partial charge on any atom is 0.144 e. The lowest BCUT2D eigenvalue weighted by Gasteiger charge is -2.32. The fourth-order valence-electron chi connectivity index (χ4n) is 13.1. The SMILES string of the molecule is Cc1ccc(-c2cc3c(c4c2oc2ccccc24)-c2ccc(N(c4ccc5c(c4)C(C)(C)c4c6c(c7oc8ccccc8c7c4-5)-c4ccccc4C6(C)C)c4ccccc4C)cc2C3(C)C)cc1. The van der Waals surface area contributed by atoms with Gasteiger partial charge in [-0.05, 0) is 135 Å². The molecule has 0 spiro atoms. The normalized spacial score (nSPS) is 15.4. The Morgan fingerprint density at radius 3 is 1.62 bits per heavy atom. The van der Waals surface area contributed by atoms with Crippen LogP contribution >= 0.6 is 0 Å². The molecular formula is C65H51NO2. The topological polar surface area (TPSA) is 29.5 Å². The first-order chi connectivity index (χ1) is 32.8. The molecule has 0 saturated heterocycles. The second kappa shape index (κ2) is 13.3. The third kappa shape index (κ3) is 4.98. The summed E-state index contributed by atoms with van der Waals surface area (Å²) in [6.07, 6.45) is 0. The van der Waals surface area contributed by atoms with Gasteiger partial charge in [0.1, 0.15) is 22.3 Å². The Labute approximate surface area is 397 Å². The lowest BCUT2D eigenvalue weighted by Crippen LogP contribution is -2.24. The van der Waals surface area contributed by atoms with Gasteiger partial charge < -0.3 is 13.7 Å². The highest BCUT2D eigenvalue weighted by Crippen LogP contribution is 2.64. The molecule has 0 radical (unpaired) electrons. The minimum Gasteiger partial charge on any atom is -0.455 e. The molecule has 2 heterocycles. The van der Waals surface area contributed by atoms with Crippen molar-refractivity contribution >= 4 is 60.9 Å². The Kier molecular flexibility index (Phi) is 7.73. The summed E-state index contributed by atoms with van der Waals surface area (Å²) < 4.78 is 13.8. The number of hydrogen-bond donors (Lipinski definition) is 0. The summed E-state index contributed by atoms with van der Waals surface area (Å²) in [5.74, 6) is 0. The highest BCUT2D eigenvalue weighted by Gasteiger charge is 2.49. The second-order valence-electron chi connectivity index (χ2n) is 21.3. The van der Waals surface area contributed by atoms with E-state index >= 15 is 0 Å². The summed E-state index contributed by atoms with van der Waals surface area (Å²) in [6.45, 7) is 18.9. The molecule has 0 amide bonds. The number of anilines is 3. The van der Waals surface area contributed by atoms with E-state index in [0.29, 0.717) is 0 Å². The van der Waals surface area contributed by atoms with Crippen molar-refractivity contribution in [2.24, 2.45) is 0 Å². The number of hydrogen-bond acceptors (Lipinski definition) is 3. The van der Waals surface area contributed by atoms with Crippen LogP contribution in [0, 0.1) is 13.8 Å². The van der Waals surface area contributed by atoms with Crippen molar-refractivity contribution < 1.29 is 8.83 Å². The van der Waals surface area contributed by atoms with E-state index in [-0.39, 0.29) is 16.2 Å². The van der Waals surface area contributed by atoms with Gasteiger partial charge in [-0.3, -0.25) is 0 Å². The van der Waals surface area contributed by atoms with E-state index in [1.807, 2.05) is 0 Å². The van der Waals surface area contributed by atoms with Crippen LogP contribution in [0.1, 0.15) is 86.1 Å². The highest BCUT2D eigenvalue weighted by molar-refractivity contribution is 6.21. The monoisotopic (exact) mass is 877 g/mol. The zero-order valence-corrected chi connectivity index (χ0v) is 39.9. The van der Waals surface area contributed by atoms with Gasteiger partial charge in [-0.1, -0.05) is 162 Å². The van der Waals surface area contributed by atoms with Crippen LogP contribution in [0.25, 0.3) is 88.4 Å². The molecule has 3 aliphatic rings. The standard InChI is InChI=1S/C65H51NO2/c1-36-25-27-38(28-26-36)46-35-50-54(56-44-19-11-15-23-52(44)67-61(46)56)42-31-29-39(33-48(42)63(50,3)4)66(51-22-14-9-17-37(51)2)40-30-32-43-49(34-40)65(7,8)59-55(43)57-45-20-12-16-24-53(45)68-62(57)58-41-18-10-13-21-47(41)64(5,6)60(58)59/h9-35H,1-8H3. The Hall–Kier alpha value is -7.62. The second-order valence-corrected chi connectivity index (χ2v) is 21.3. The van der Waals surface area contributed by atoms with Gasteiger partial charge in [-0.15, -0.1) is 0 Å². The number of rotatable bonds is 4. The van der Waals surface area contributed by atoms with Gasteiger partial charge in [-0.25, -0.2) is 0 Å². The Balaban J connectivity index is 0.988. The van der Waals surface area contributed by atoms with Gasteiger partial charge in [0.15, 0.2) is 0 Å². The average molecular weight is 878 g/mol. The van der Waals surface area contributed by atoms with Crippen LogP contribution < -0.4 is 4.90 Å². The third-order valence-electron chi connectivity index (χ3n) is 16.4. The smallest absolute Gasteiger partial charge is 0.144 e. The van der Waals surface area contributed by atoms with Crippen LogP contribution in [-0.2, 0) is 16.2 Å². The first-order valence-electron chi connectivity index (χ1n) is 24.2. The maximum absolute atomic E-state index is 6.98. The quantitative estimate of drug-likeness (QED) is 0.176. The molecule has 9 aromatic carbocycles. The molecule has 0 bridgehead atoms. The molecule has 0 N–H and O–H groups in total. The van der Waals surface area contributed by atoms with Crippen molar-refractivity contribution in [3.63, 3.8) is 0 Å². The molecule has 3 aliphatic carbocycles. The first-order valence-corrected chi connectivity index (χ1v) is 24.2. The van der Waals surface area contributed by atoms with Crippen LogP contribution in [0.15, 0.2) is 173 Å². The van der Waals surface area contributed by atoms with Crippen molar-refractivity contribution in [1.82, 2.24) is 0 Å². The van der Waals surface area contributed by atoms with Crippen molar-refractivity contribution in [3.8, 4) is 44.5 Å². The van der Waals surface area contributed by atoms with Gasteiger partial charge in [0.2, 0.25) is 0 Å². The van der Waals surface area contributed by atoms with Crippen molar-refractivity contribution in [2.45, 2.75) is 71.6 Å². The summed E-state index contributed by atoms with van der Waals surface area (Å²) >= 11 is 0. The Morgan fingerprint density at radius 1 is 0.397 bits per heavy atom. The summed E-state index contributed by atoms with van der Waals surface area (Å²) in [4.78, 5) is 2.50. The molecule has 0 aliphatic heterocycles. The average Bonchev–Trinajstić information content (AvgIpc) is 4.09. The molecule has 68 heavy (non-hydrogen) atoms. The van der Waals surface area contributed by atoms with Crippen LogP contribution in [0.4, 0.5) is 17.1 Å². The third-order valence-corrected chi connectivity index (χ3v) is 16.4. The van der Waals surface area contributed by atoms with Gasteiger partial charge in [0.25, 0.3) is 0 Å². The summed E-state index contributed by atoms with van der Waals surface area (Å²) in [7, 11) is 0. The number of furan rings is 2.